The van der Waals surface area contributed by atoms with Crippen molar-refractivity contribution in [1.29, 1.82) is 0 Å². The zero-order chi connectivity index (χ0) is 13.0. The lowest BCUT2D eigenvalue weighted by Gasteiger charge is -2.13. The minimum atomic E-state index is 0.0379. The van der Waals surface area contributed by atoms with Crippen molar-refractivity contribution in [2.75, 3.05) is 0 Å². The van der Waals surface area contributed by atoms with Gasteiger partial charge in [0.15, 0.2) is 0 Å². The molecule has 0 amide bonds. The third-order valence-electron chi connectivity index (χ3n) is 2.80. The Morgan fingerprint density at radius 2 is 2.17 bits per heavy atom. The fraction of sp³-hybridized carbons (Fsp3) is 0.462. The lowest BCUT2D eigenvalue weighted by atomic mass is 10.1. The first-order valence-corrected chi connectivity index (χ1v) is 6.19. The molecule has 0 saturated carbocycles. The average molecular weight is 245 g/mol. The first kappa shape index (κ1) is 12.7. The minimum Gasteiger partial charge on any atom is -0.327 e. The molecule has 2 aromatic rings. The Morgan fingerprint density at radius 1 is 1.33 bits per heavy atom. The number of pyridine rings is 1. The van der Waals surface area contributed by atoms with Crippen molar-refractivity contribution in [3.8, 4) is 0 Å². The largest absolute Gasteiger partial charge is 0.327 e. The number of rotatable bonds is 5. The molecule has 2 aromatic heterocycles. The normalized spacial score (nSPS) is 12.9. The minimum absolute atomic E-state index is 0.0379. The van der Waals surface area contributed by atoms with Gasteiger partial charge in [-0.2, -0.15) is 5.10 Å². The molecule has 0 saturated heterocycles. The first-order valence-electron chi connectivity index (χ1n) is 6.19. The van der Waals surface area contributed by atoms with E-state index in [1.807, 2.05) is 23.0 Å². The summed E-state index contributed by atoms with van der Waals surface area (Å²) < 4.78 is 1.92. The van der Waals surface area contributed by atoms with Gasteiger partial charge in [0.05, 0.1) is 0 Å². The van der Waals surface area contributed by atoms with E-state index in [4.69, 9.17) is 5.73 Å². The van der Waals surface area contributed by atoms with Crippen molar-refractivity contribution in [3.05, 3.63) is 42.2 Å². The van der Waals surface area contributed by atoms with Gasteiger partial charge in [-0.05, 0) is 31.9 Å². The molecule has 96 valence electrons. The molecule has 0 aromatic carbocycles. The van der Waals surface area contributed by atoms with Crippen LogP contribution in [0.4, 0.5) is 0 Å². The van der Waals surface area contributed by atoms with E-state index in [9.17, 15) is 0 Å². The maximum Gasteiger partial charge on any atom is 0.138 e. The van der Waals surface area contributed by atoms with Crippen LogP contribution in [0.5, 0.6) is 0 Å². The zero-order valence-electron chi connectivity index (χ0n) is 10.8. The molecule has 0 radical (unpaired) electrons. The van der Waals surface area contributed by atoms with Crippen LogP contribution in [0, 0.1) is 0 Å². The van der Waals surface area contributed by atoms with E-state index in [0.717, 1.165) is 24.2 Å². The van der Waals surface area contributed by atoms with Gasteiger partial charge >= 0.3 is 0 Å². The van der Waals surface area contributed by atoms with E-state index in [1.54, 1.807) is 12.5 Å². The van der Waals surface area contributed by atoms with Crippen molar-refractivity contribution in [3.63, 3.8) is 0 Å². The van der Waals surface area contributed by atoms with Crippen molar-refractivity contribution in [1.82, 2.24) is 19.7 Å². The Bertz CT molecular complexity index is 477. The van der Waals surface area contributed by atoms with E-state index >= 15 is 0 Å². The number of hydrogen-bond acceptors (Lipinski definition) is 4. The van der Waals surface area contributed by atoms with Gasteiger partial charge in [0.25, 0.3) is 0 Å². The Hall–Kier alpha value is -1.75. The molecular weight excluding hydrogens is 226 g/mol. The Morgan fingerprint density at radius 3 is 2.83 bits per heavy atom. The molecule has 2 heterocycles. The molecule has 0 aliphatic rings. The van der Waals surface area contributed by atoms with Gasteiger partial charge in [0, 0.05) is 30.9 Å². The molecule has 0 aliphatic heterocycles. The smallest absolute Gasteiger partial charge is 0.138 e. The molecule has 5 heteroatoms. The van der Waals surface area contributed by atoms with Gasteiger partial charge in [-0.25, -0.2) is 9.67 Å². The topological polar surface area (TPSA) is 69.6 Å². The van der Waals surface area contributed by atoms with Crippen molar-refractivity contribution < 1.29 is 0 Å². The van der Waals surface area contributed by atoms with Crippen LogP contribution in [-0.2, 0) is 12.8 Å². The summed E-state index contributed by atoms with van der Waals surface area (Å²) in [6.07, 6.45) is 6.75. The molecule has 1 unspecified atom stereocenters. The van der Waals surface area contributed by atoms with Gasteiger partial charge in [-0.1, -0.05) is 6.07 Å². The Labute approximate surface area is 107 Å². The van der Waals surface area contributed by atoms with Crippen molar-refractivity contribution in [2.45, 2.75) is 38.8 Å². The van der Waals surface area contributed by atoms with Gasteiger partial charge in [-0.15, -0.1) is 0 Å². The first-order chi connectivity index (χ1) is 8.66. The molecule has 2 N–H and O–H groups in total. The number of nitrogens with zero attached hydrogens (tertiary/aromatic N) is 4. The van der Waals surface area contributed by atoms with E-state index in [1.165, 1.54) is 0 Å². The maximum absolute atomic E-state index is 6.16. The number of aromatic nitrogens is 4. The van der Waals surface area contributed by atoms with Gasteiger partial charge in [-0.3, -0.25) is 4.98 Å². The van der Waals surface area contributed by atoms with Gasteiger partial charge in [0.1, 0.15) is 12.2 Å². The van der Waals surface area contributed by atoms with Crippen LogP contribution in [0.15, 0.2) is 30.9 Å². The quantitative estimate of drug-likeness (QED) is 0.863. The van der Waals surface area contributed by atoms with Crippen LogP contribution in [0.1, 0.15) is 31.3 Å². The van der Waals surface area contributed by atoms with Crippen LogP contribution in [-0.4, -0.2) is 25.8 Å². The fourth-order valence-corrected chi connectivity index (χ4v) is 1.98. The summed E-state index contributed by atoms with van der Waals surface area (Å²) in [5, 5.41) is 4.21. The second-order valence-corrected chi connectivity index (χ2v) is 4.74. The van der Waals surface area contributed by atoms with Crippen LogP contribution in [0.25, 0.3) is 0 Å². The molecule has 1 atom stereocenters. The third-order valence-corrected chi connectivity index (χ3v) is 2.80. The van der Waals surface area contributed by atoms with Crippen molar-refractivity contribution >= 4 is 0 Å². The molecule has 2 rings (SSSR count). The average Bonchev–Trinajstić information content (AvgIpc) is 2.78. The van der Waals surface area contributed by atoms with Gasteiger partial charge in [0.2, 0.25) is 0 Å². The summed E-state index contributed by atoms with van der Waals surface area (Å²) in [6.45, 7) is 4.18. The highest BCUT2D eigenvalue weighted by Gasteiger charge is 2.12. The predicted octanol–water partition coefficient (Wildman–Crippen LogP) is 1.37. The highest BCUT2D eigenvalue weighted by Crippen LogP contribution is 2.09. The monoisotopic (exact) mass is 245 g/mol. The second kappa shape index (κ2) is 5.73. The van der Waals surface area contributed by atoms with Crippen LogP contribution < -0.4 is 5.73 Å². The zero-order valence-corrected chi connectivity index (χ0v) is 10.8. The molecule has 0 aliphatic carbocycles. The molecule has 0 spiro atoms. The third kappa shape index (κ3) is 3.13. The molecule has 5 nitrogen and oxygen atoms in total. The lowest BCUT2D eigenvalue weighted by Crippen LogP contribution is -2.27. The molecule has 18 heavy (non-hydrogen) atoms. The molecular formula is C13H19N5. The van der Waals surface area contributed by atoms with Crippen molar-refractivity contribution in [2.24, 2.45) is 5.73 Å². The van der Waals surface area contributed by atoms with Crippen LogP contribution >= 0.6 is 0 Å². The maximum atomic E-state index is 6.16. The highest BCUT2D eigenvalue weighted by molar-refractivity contribution is 5.10. The summed E-state index contributed by atoms with van der Waals surface area (Å²) in [6, 6.07) is 4.32. The predicted molar refractivity (Wildman–Crippen MR) is 70.0 cm³/mol. The number of nitrogens with two attached hydrogens (primary N) is 1. The summed E-state index contributed by atoms with van der Waals surface area (Å²) in [7, 11) is 0. The summed E-state index contributed by atoms with van der Waals surface area (Å²) in [4.78, 5) is 8.37. The Kier molecular flexibility index (Phi) is 4.04. The van der Waals surface area contributed by atoms with Crippen LogP contribution in [0.2, 0.25) is 0 Å². The van der Waals surface area contributed by atoms with E-state index in [2.05, 4.69) is 28.9 Å². The number of hydrogen-bond donors (Lipinski definition) is 1. The van der Waals surface area contributed by atoms with E-state index in [-0.39, 0.29) is 6.04 Å². The van der Waals surface area contributed by atoms with E-state index in [0.29, 0.717) is 6.04 Å². The fourth-order valence-electron chi connectivity index (χ4n) is 1.98. The summed E-state index contributed by atoms with van der Waals surface area (Å²) in [5.74, 6) is 0.946. The summed E-state index contributed by atoms with van der Waals surface area (Å²) in [5.41, 5.74) is 7.31. The molecule has 0 bridgehead atoms. The summed E-state index contributed by atoms with van der Waals surface area (Å²) >= 11 is 0. The van der Waals surface area contributed by atoms with E-state index < -0.39 is 0 Å². The molecule has 0 fully saturated rings. The van der Waals surface area contributed by atoms with Gasteiger partial charge < -0.3 is 5.73 Å². The second-order valence-electron chi connectivity index (χ2n) is 4.74. The lowest BCUT2D eigenvalue weighted by molar-refractivity contribution is 0.489. The highest BCUT2D eigenvalue weighted by atomic mass is 15.3. The Balaban J connectivity index is 1.99. The van der Waals surface area contributed by atoms with Crippen LogP contribution in [0.3, 0.4) is 0 Å². The standard InChI is InChI=1S/C13H19N5/c1-10(2)18-13(16-9-17-18)7-12(14)6-11-4-3-5-15-8-11/h3-5,8-10,12H,6-7,14H2,1-2H3. The SMILES string of the molecule is CC(C)n1ncnc1CC(N)Cc1cccnc1.